The molecule has 2 rings (SSSR count). The lowest BCUT2D eigenvalue weighted by Gasteiger charge is -2.00. The van der Waals surface area contributed by atoms with Crippen molar-refractivity contribution in [3.05, 3.63) is 45.4 Å². The maximum Gasteiger partial charge on any atom is 0.354 e. The Labute approximate surface area is 111 Å². The van der Waals surface area contributed by atoms with Crippen LogP contribution >= 0.6 is 0 Å². The molecule has 0 atom stereocenters. The Morgan fingerprint density at radius 3 is 2.60 bits per heavy atom. The van der Waals surface area contributed by atoms with Crippen LogP contribution in [0, 0.1) is 17.0 Å². The largest absolute Gasteiger partial charge is 0.477 e. The average molecular weight is 278 g/mol. The average Bonchev–Trinajstić information content (AvgIpc) is 2.95. The van der Waals surface area contributed by atoms with Crippen molar-refractivity contribution < 1.29 is 19.6 Å². The summed E-state index contributed by atoms with van der Waals surface area (Å²) in [5, 5.41) is 21.8. The fourth-order valence-electron chi connectivity index (χ4n) is 1.67. The van der Waals surface area contributed by atoms with Gasteiger partial charge in [0.05, 0.1) is 5.69 Å². The minimum Gasteiger partial charge on any atom is -0.477 e. The molecule has 0 bridgehead atoms. The predicted octanol–water partition coefficient (Wildman–Crippen LogP) is 1.51. The van der Waals surface area contributed by atoms with Crippen molar-refractivity contribution in [2.75, 3.05) is 5.32 Å². The van der Waals surface area contributed by atoms with E-state index in [0.29, 0.717) is 5.69 Å². The molecule has 2 heterocycles. The SMILES string of the molecule is Cc1cc(NC(=O)c2ccc([N+](=O)[O-])[nH]2)c(C(=O)O)[nH]1. The van der Waals surface area contributed by atoms with Crippen LogP contribution in [0.2, 0.25) is 0 Å². The molecule has 20 heavy (non-hydrogen) atoms. The number of carboxylic acids is 1. The van der Waals surface area contributed by atoms with Gasteiger partial charge in [0, 0.05) is 11.8 Å². The zero-order chi connectivity index (χ0) is 14.9. The summed E-state index contributed by atoms with van der Waals surface area (Å²) in [7, 11) is 0. The first-order valence-corrected chi connectivity index (χ1v) is 5.46. The van der Waals surface area contributed by atoms with Crippen LogP contribution in [-0.4, -0.2) is 31.9 Å². The predicted molar refractivity (Wildman–Crippen MR) is 67.9 cm³/mol. The quantitative estimate of drug-likeness (QED) is 0.495. The van der Waals surface area contributed by atoms with Crippen LogP contribution in [0.3, 0.4) is 0 Å². The molecule has 0 spiro atoms. The van der Waals surface area contributed by atoms with E-state index in [2.05, 4.69) is 15.3 Å². The summed E-state index contributed by atoms with van der Waals surface area (Å²) in [5.74, 6) is -2.20. The van der Waals surface area contributed by atoms with Crippen LogP contribution in [0.5, 0.6) is 0 Å². The van der Waals surface area contributed by atoms with E-state index in [9.17, 15) is 19.7 Å². The number of anilines is 1. The molecule has 0 saturated heterocycles. The number of aromatic amines is 2. The van der Waals surface area contributed by atoms with Crippen LogP contribution in [0.15, 0.2) is 18.2 Å². The van der Waals surface area contributed by atoms with Crippen LogP contribution < -0.4 is 5.32 Å². The number of nitrogens with zero attached hydrogens (tertiary/aromatic N) is 1. The van der Waals surface area contributed by atoms with Crippen LogP contribution in [0.25, 0.3) is 0 Å². The number of nitrogens with one attached hydrogen (secondary N) is 3. The second-order valence-corrected chi connectivity index (χ2v) is 4.01. The van der Waals surface area contributed by atoms with Crippen molar-refractivity contribution in [3.8, 4) is 0 Å². The van der Waals surface area contributed by atoms with Gasteiger partial charge in [0.15, 0.2) is 5.69 Å². The number of carbonyl (C=O) groups is 2. The van der Waals surface area contributed by atoms with Crippen molar-refractivity contribution in [2.45, 2.75) is 6.92 Å². The van der Waals surface area contributed by atoms with E-state index in [0.717, 1.165) is 6.07 Å². The topological polar surface area (TPSA) is 141 Å². The van der Waals surface area contributed by atoms with E-state index in [-0.39, 0.29) is 22.9 Å². The van der Waals surface area contributed by atoms with E-state index in [1.807, 2.05) is 0 Å². The Balaban J connectivity index is 2.23. The molecule has 9 nitrogen and oxygen atoms in total. The van der Waals surface area contributed by atoms with E-state index in [4.69, 9.17) is 5.11 Å². The van der Waals surface area contributed by atoms with Crippen molar-refractivity contribution in [1.82, 2.24) is 9.97 Å². The van der Waals surface area contributed by atoms with Gasteiger partial charge in [-0.15, -0.1) is 0 Å². The third kappa shape index (κ3) is 2.51. The molecule has 0 radical (unpaired) electrons. The van der Waals surface area contributed by atoms with Crippen molar-refractivity contribution >= 4 is 23.4 Å². The molecule has 0 fully saturated rings. The molecular weight excluding hydrogens is 268 g/mol. The fourth-order valence-corrected chi connectivity index (χ4v) is 1.67. The first-order chi connectivity index (χ1) is 9.38. The highest BCUT2D eigenvalue weighted by Crippen LogP contribution is 2.18. The maximum absolute atomic E-state index is 11.9. The number of hydrogen-bond acceptors (Lipinski definition) is 4. The highest BCUT2D eigenvalue weighted by molar-refractivity contribution is 6.06. The molecule has 9 heteroatoms. The number of aryl methyl sites for hydroxylation is 1. The van der Waals surface area contributed by atoms with Gasteiger partial charge < -0.3 is 25.5 Å². The summed E-state index contributed by atoms with van der Waals surface area (Å²) in [4.78, 5) is 37.6. The van der Waals surface area contributed by atoms with E-state index >= 15 is 0 Å². The number of rotatable bonds is 4. The van der Waals surface area contributed by atoms with Crippen molar-refractivity contribution in [3.63, 3.8) is 0 Å². The maximum atomic E-state index is 11.9. The third-order valence-corrected chi connectivity index (χ3v) is 2.53. The summed E-state index contributed by atoms with van der Waals surface area (Å²) in [5.41, 5.74) is 0.469. The van der Waals surface area contributed by atoms with Gasteiger partial charge in [-0.25, -0.2) is 9.78 Å². The Morgan fingerprint density at radius 1 is 1.35 bits per heavy atom. The van der Waals surface area contributed by atoms with E-state index < -0.39 is 16.8 Å². The molecule has 0 aliphatic carbocycles. The molecule has 1 amide bonds. The van der Waals surface area contributed by atoms with Crippen LogP contribution in [0.4, 0.5) is 11.5 Å². The molecule has 0 aromatic carbocycles. The Kier molecular flexibility index (Phi) is 3.25. The first kappa shape index (κ1) is 13.3. The molecule has 0 saturated carbocycles. The third-order valence-electron chi connectivity index (χ3n) is 2.53. The van der Waals surface area contributed by atoms with Crippen molar-refractivity contribution in [2.24, 2.45) is 0 Å². The lowest BCUT2D eigenvalue weighted by atomic mass is 10.3. The van der Waals surface area contributed by atoms with Crippen molar-refractivity contribution in [1.29, 1.82) is 0 Å². The smallest absolute Gasteiger partial charge is 0.354 e. The van der Waals surface area contributed by atoms with Gasteiger partial charge in [0.2, 0.25) is 0 Å². The molecule has 0 aliphatic heterocycles. The second-order valence-electron chi connectivity index (χ2n) is 4.01. The minimum atomic E-state index is -1.22. The number of hydrogen-bond donors (Lipinski definition) is 4. The fraction of sp³-hybridized carbons (Fsp3) is 0.0909. The van der Waals surface area contributed by atoms with Gasteiger partial charge in [0.1, 0.15) is 5.69 Å². The molecule has 2 aromatic heterocycles. The van der Waals surface area contributed by atoms with E-state index in [1.54, 1.807) is 6.92 Å². The number of nitro groups is 1. The zero-order valence-electron chi connectivity index (χ0n) is 10.3. The normalized spacial score (nSPS) is 10.2. The Hall–Kier alpha value is -3.10. The van der Waals surface area contributed by atoms with Gasteiger partial charge >= 0.3 is 11.8 Å². The summed E-state index contributed by atoms with van der Waals surface area (Å²) in [6.07, 6.45) is 0. The number of carboxylic acid groups (broad SMARTS) is 1. The highest BCUT2D eigenvalue weighted by atomic mass is 16.6. The van der Waals surface area contributed by atoms with Gasteiger partial charge in [-0.2, -0.15) is 0 Å². The first-order valence-electron chi connectivity index (χ1n) is 5.46. The second kappa shape index (κ2) is 4.88. The number of H-pyrrole nitrogens is 2. The molecule has 4 N–H and O–H groups in total. The van der Waals surface area contributed by atoms with Crippen LogP contribution in [0.1, 0.15) is 26.7 Å². The Bertz CT molecular complexity index is 699. The minimum absolute atomic E-state index is 0.0353. The highest BCUT2D eigenvalue weighted by Gasteiger charge is 2.19. The standard InChI is InChI=1S/C11H10N4O5/c1-5-4-7(9(12-5)11(17)18)14-10(16)6-2-3-8(13-6)15(19)20/h2-4,12-13H,1H3,(H,14,16)(H,17,18). The molecular formula is C11H10N4O5. The molecule has 2 aromatic rings. The number of amides is 1. The van der Waals surface area contributed by atoms with Crippen LogP contribution in [-0.2, 0) is 0 Å². The number of aromatic nitrogens is 2. The summed E-state index contributed by atoms with van der Waals surface area (Å²) < 4.78 is 0. The summed E-state index contributed by atoms with van der Waals surface area (Å²) in [6.45, 7) is 1.64. The van der Waals surface area contributed by atoms with Gasteiger partial charge in [0.25, 0.3) is 5.91 Å². The summed E-state index contributed by atoms with van der Waals surface area (Å²) in [6, 6.07) is 3.85. The molecule has 104 valence electrons. The molecule has 0 unspecified atom stereocenters. The number of aromatic carboxylic acids is 1. The zero-order valence-corrected chi connectivity index (χ0v) is 10.3. The van der Waals surface area contributed by atoms with Gasteiger partial charge in [-0.05, 0) is 24.0 Å². The lowest BCUT2D eigenvalue weighted by Crippen LogP contribution is -2.14. The number of carbonyl (C=O) groups excluding carboxylic acids is 1. The molecule has 0 aliphatic rings. The monoisotopic (exact) mass is 278 g/mol. The van der Waals surface area contributed by atoms with E-state index in [1.165, 1.54) is 12.1 Å². The van der Waals surface area contributed by atoms with Gasteiger partial charge in [-0.3, -0.25) is 4.79 Å². The Morgan fingerprint density at radius 2 is 2.05 bits per heavy atom. The summed E-state index contributed by atoms with van der Waals surface area (Å²) >= 11 is 0. The lowest BCUT2D eigenvalue weighted by molar-refractivity contribution is -0.389. The van der Waals surface area contributed by atoms with Gasteiger partial charge in [-0.1, -0.05) is 0 Å².